The molecule has 0 bridgehead atoms. The van der Waals surface area contributed by atoms with Gasteiger partial charge in [0.15, 0.2) is 0 Å². The summed E-state index contributed by atoms with van der Waals surface area (Å²) in [7, 11) is 1.54. The average Bonchev–Trinajstić information content (AvgIpc) is 2.57. The van der Waals surface area contributed by atoms with E-state index in [-0.39, 0.29) is 5.82 Å². The molecule has 5 heteroatoms. The molecule has 3 rings (SSSR count). The van der Waals surface area contributed by atoms with Crippen molar-refractivity contribution in [2.24, 2.45) is 0 Å². The zero-order chi connectivity index (χ0) is 17.1. The molecule has 0 radical (unpaired) electrons. The third-order valence-electron chi connectivity index (χ3n) is 3.75. The normalized spacial score (nSPS) is 10.5. The lowest BCUT2D eigenvalue weighted by molar-refractivity contribution is 0.262. The SMILES string of the molecule is COc1cc2ccccc2cc1NC(=O)Nc1ccc(C)c(F)c1. The first-order chi connectivity index (χ1) is 11.6. The minimum absolute atomic E-state index is 0.365. The van der Waals surface area contributed by atoms with Crippen LogP contribution in [0, 0.1) is 12.7 Å². The van der Waals surface area contributed by atoms with Crippen LogP contribution in [0.5, 0.6) is 5.75 Å². The van der Waals surface area contributed by atoms with Gasteiger partial charge in [-0.25, -0.2) is 9.18 Å². The minimum atomic E-state index is -0.466. The lowest BCUT2D eigenvalue weighted by Gasteiger charge is -2.13. The summed E-state index contributed by atoms with van der Waals surface area (Å²) >= 11 is 0. The van der Waals surface area contributed by atoms with Gasteiger partial charge in [-0.3, -0.25) is 0 Å². The van der Waals surface area contributed by atoms with Gasteiger partial charge in [-0.1, -0.05) is 30.3 Å². The summed E-state index contributed by atoms with van der Waals surface area (Å²) in [5, 5.41) is 7.35. The Hall–Kier alpha value is -3.08. The molecule has 0 aliphatic carbocycles. The number of methoxy groups -OCH3 is 1. The second-order valence-electron chi connectivity index (χ2n) is 5.44. The number of urea groups is 1. The van der Waals surface area contributed by atoms with E-state index in [1.165, 1.54) is 6.07 Å². The van der Waals surface area contributed by atoms with Crippen molar-refractivity contribution in [1.82, 2.24) is 0 Å². The molecular formula is C19H17FN2O2. The highest BCUT2D eigenvalue weighted by Gasteiger charge is 2.10. The molecule has 0 heterocycles. The van der Waals surface area contributed by atoms with Crippen LogP contribution < -0.4 is 15.4 Å². The average molecular weight is 324 g/mol. The summed E-state index contributed by atoms with van der Waals surface area (Å²) in [4.78, 5) is 12.2. The molecule has 0 aromatic heterocycles. The van der Waals surface area contributed by atoms with Gasteiger partial charge in [-0.2, -0.15) is 0 Å². The van der Waals surface area contributed by atoms with Crippen LogP contribution in [0.25, 0.3) is 10.8 Å². The van der Waals surface area contributed by atoms with Crippen molar-refractivity contribution < 1.29 is 13.9 Å². The van der Waals surface area contributed by atoms with Crippen LogP contribution >= 0.6 is 0 Å². The van der Waals surface area contributed by atoms with Gasteiger partial charge < -0.3 is 15.4 Å². The fourth-order valence-electron chi connectivity index (χ4n) is 2.44. The molecule has 0 fully saturated rings. The molecule has 122 valence electrons. The molecule has 3 aromatic carbocycles. The number of carbonyl (C=O) groups excluding carboxylic acids is 1. The van der Waals surface area contributed by atoms with E-state index in [4.69, 9.17) is 4.74 Å². The predicted octanol–water partition coefficient (Wildman–Crippen LogP) is 4.94. The van der Waals surface area contributed by atoms with Crippen LogP contribution in [0.2, 0.25) is 0 Å². The number of benzene rings is 3. The second kappa shape index (κ2) is 6.58. The molecule has 2 N–H and O–H groups in total. The van der Waals surface area contributed by atoms with Crippen molar-refractivity contribution in [3.05, 3.63) is 66.0 Å². The largest absolute Gasteiger partial charge is 0.495 e. The number of aryl methyl sites for hydroxylation is 1. The van der Waals surface area contributed by atoms with Crippen LogP contribution in [0.1, 0.15) is 5.56 Å². The standard InChI is InChI=1S/C19H17FN2O2/c1-12-7-8-15(11-16(12)20)21-19(23)22-17-9-13-5-3-4-6-14(13)10-18(17)24-2/h3-11H,1-2H3,(H2,21,22,23). The van der Waals surface area contributed by atoms with Crippen molar-refractivity contribution in [3.8, 4) is 5.75 Å². The Bertz CT molecular complexity index is 909. The van der Waals surface area contributed by atoms with E-state index in [9.17, 15) is 9.18 Å². The van der Waals surface area contributed by atoms with Gasteiger partial charge in [0.1, 0.15) is 11.6 Å². The maximum atomic E-state index is 13.6. The van der Waals surface area contributed by atoms with Crippen LogP contribution in [-0.2, 0) is 0 Å². The third kappa shape index (κ3) is 3.30. The molecule has 24 heavy (non-hydrogen) atoms. The maximum absolute atomic E-state index is 13.6. The van der Waals surface area contributed by atoms with Crippen molar-refractivity contribution in [2.45, 2.75) is 6.92 Å². The molecule has 3 aromatic rings. The smallest absolute Gasteiger partial charge is 0.323 e. The van der Waals surface area contributed by atoms with Crippen LogP contribution in [0.4, 0.5) is 20.6 Å². The quantitative estimate of drug-likeness (QED) is 0.717. The van der Waals surface area contributed by atoms with Crippen LogP contribution in [-0.4, -0.2) is 13.1 Å². The summed E-state index contributed by atoms with van der Waals surface area (Å²) in [6, 6.07) is 15.6. The van der Waals surface area contributed by atoms with E-state index in [0.717, 1.165) is 10.8 Å². The van der Waals surface area contributed by atoms with Crippen molar-refractivity contribution in [1.29, 1.82) is 0 Å². The van der Waals surface area contributed by atoms with E-state index in [2.05, 4.69) is 10.6 Å². The summed E-state index contributed by atoms with van der Waals surface area (Å²) in [6.45, 7) is 1.67. The molecule has 2 amide bonds. The van der Waals surface area contributed by atoms with E-state index in [0.29, 0.717) is 22.7 Å². The highest BCUT2D eigenvalue weighted by molar-refractivity contribution is 6.02. The number of amides is 2. The fraction of sp³-hybridized carbons (Fsp3) is 0.105. The van der Waals surface area contributed by atoms with Gasteiger partial charge in [0, 0.05) is 5.69 Å². The van der Waals surface area contributed by atoms with Crippen molar-refractivity contribution in [2.75, 3.05) is 17.7 Å². The summed E-state index contributed by atoms with van der Waals surface area (Å²) in [5.74, 6) is 0.190. The maximum Gasteiger partial charge on any atom is 0.323 e. The fourth-order valence-corrected chi connectivity index (χ4v) is 2.44. The Labute approximate surface area is 139 Å². The number of anilines is 2. The van der Waals surface area contributed by atoms with E-state index in [1.807, 2.05) is 36.4 Å². The summed E-state index contributed by atoms with van der Waals surface area (Å²) < 4.78 is 18.9. The number of rotatable bonds is 3. The lowest BCUT2D eigenvalue weighted by Crippen LogP contribution is -2.20. The molecule has 0 aliphatic rings. The second-order valence-corrected chi connectivity index (χ2v) is 5.44. The number of hydrogen-bond acceptors (Lipinski definition) is 2. The molecule has 0 saturated heterocycles. The Morgan fingerprint density at radius 2 is 1.71 bits per heavy atom. The number of halogens is 1. The Balaban J connectivity index is 1.82. The van der Waals surface area contributed by atoms with E-state index < -0.39 is 6.03 Å². The van der Waals surface area contributed by atoms with Gasteiger partial charge >= 0.3 is 6.03 Å². The number of fused-ring (bicyclic) bond motifs is 1. The van der Waals surface area contributed by atoms with Crippen molar-refractivity contribution in [3.63, 3.8) is 0 Å². The Morgan fingerprint density at radius 3 is 2.38 bits per heavy atom. The first kappa shape index (κ1) is 15.8. The Morgan fingerprint density at radius 1 is 1.00 bits per heavy atom. The summed E-state index contributed by atoms with van der Waals surface area (Å²) in [6.07, 6.45) is 0. The molecule has 4 nitrogen and oxygen atoms in total. The third-order valence-corrected chi connectivity index (χ3v) is 3.75. The highest BCUT2D eigenvalue weighted by atomic mass is 19.1. The number of carbonyl (C=O) groups is 1. The minimum Gasteiger partial charge on any atom is -0.495 e. The molecule has 0 unspecified atom stereocenters. The van der Waals surface area contributed by atoms with Gasteiger partial charge in [-0.15, -0.1) is 0 Å². The number of nitrogens with one attached hydrogen (secondary N) is 2. The zero-order valence-electron chi connectivity index (χ0n) is 13.4. The topological polar surface area (TPSA) is 50.4 Å². The molecule has 0 aliphatic heterocycles. The molecule has 0 atom stereocenters. The van der Waals surface area contributed by atoms with Gasteiger partial charge in [0.2, 0.25) is 0 Å². The van der Waals surface area contributed by atoms with Gasteiger partial charge in [-0.05, 0) is 47.5 Å². The van der Waals surface area contributed by atoms with Crippen LogP contribution in [0.3, 0.4) is 0 Å². The van der Waals surface area contributed by atoms with Crippen molar-refractivity contribution >= 4 is 28.2 Å². The first-order valence-corrected chi connectivity index (χ1v) is 7.48. The number of hydrogen-bond donors (Lipinski definition) is 2. The molecular weight excluding hydrogens is 307 g/mol. The van der Waals surface area contributed by atoms with Crippen LogP contribution in [0.15, 0.2) is 54.6 Å². The van der Waals surface area contributed by atoms with Gasteiger partial charge in [0.25, 0.3) is 0 Å². The lowest BCUT2D eigenvalue weighted by atomic mass is 10.1. The zero-order valence-corrected chi connectivity index (χ0v) is 13.4. The first-order valence-electron chi connectivity index (χ1n) is 7.48. The molecule has 0 saturated carbocycles. The monoisotopic (exact) mass is 324 g/mol. The number of ether oxygens (including phenoxy) is 1. The highest BCUT2D eigenvalue weighted by Crippen LogP contribution is 2.30. The van der Waals surface area contributed by atoms with E-state index >= 15 is 0 Å². The summed E-state index contributed by atoms with van der Waals surface area (Å²) in [5.41, 5.74) is 1.45. The van der Waals surface area contributed by atoms with Gasteiger partial charge in [0.05, 0.1) is 12.8 Å². The molecule has 0 spiro atoms. The Kier molecular flexibility index (Phi) is 4.33. The predicted molar refractivity (Wildman–Crippen MR) is 94.3 cm³/mol. The van der Waals surface area contributed by atoms with E-state index in [1.54, 1.807) is 26.2 Å².